The Hall–Kier alpha value is -2.96. The summed E-state index contributed by atoms with van der Waals surface area (Å²) in [4.78, 5) is 34.6. The molecule has 0 radical (unpaired) electrons. The van der Waals surface area contributed by atoms with Crippen LogP contribution in [0.5, 0.6) is 0 Å². The number of carbonyl (C=O) groups excluding carboxylic acids is 2. The molecule has 0 fully saturated rings. The molecule has 2 N–H and O–H groups in total. The van der Waals surface area contributed by atoms with Gasteiger partial charge in [-0.15, -0.1) is 0 Å². The number of aromatic nitrogens is 2. The van der Waals surface area contributed by atoms with Crippen LogP contribution in [-0.2, 0) is 11.8 Å². The summed E-state index contributed by atoms with van der Waals surface area (Å²) in [5.41, 5.74) is 1.19. The normalized spacial score (nSPS) is 10.2. The van der Waals surface area contributed by atoms with Crippen LogP contribution in [0.25, 0.3) is 0 Å². The van der Waals surface area contributed by atoms with Gasteiger partial charge in [-0.05, 0) is 30.7 Å². The van der Waals surface area contributed by atoms with E-state index in [0.29, 0.717) is 11.3 Å². The van der Waals surface area contributed by atoms with Crippen molar-refractivity contribution in [2.75, 3.05) is 5.32 Å². The zero-order valence-electron chi connectivity index (χ0n) is 11.5. The van der Waals surface area contributed by atoms with Crippen molar-refractivity contribution in [2.45, 2.75) is 6.92 Å². The standard InChI is InChI=1S/C14H13N3O4/c1-8-5-10(3-4-11(8)14(20)21)16-13(19)12(18)9-6-15-17(2)7-9/h3-7H,1-2H3,(H,16,19)(H,20,21). The highest BCUT2D eigenvalue weighted by Crippen LogP contribution is 2.15. The molecule has 0 aliphatic heterocycles. The van der Waals surface area contributed by atoms with Crippen LogP contribution in [0.1, 0.15) is 26.3 Å². The number of carbonyl (C=O) groups is 3. The van der Waals surface area contributed by atoms with Gasteiger partial charge in [-0.3, -0.25) is 14.3 Å². The van der Waals surface area contributed by atoms with Gasteiger partial charge < -0.3 is 10.4 Å². The summed E-state index contributed by atoms with van der Waals surface area (Å²) >= 11 is 0. The van der Waals surface area contributed by atoms with E-state index in [1.807, 2.05) is 0 Å². The molecule has 0 bridgehead atoms. The molecule has 1 aromatic heterocycles. The number of benzene rings is 1. The molecule has 0 unspecified atom stereocenters. The zero-order chi connectivity index (χ0) is 15.6. The van der Waals surface area contributed by atoms with E-state index in [2.05, 4.69) is 10.4 Å². The van der Waals surface area contributed by atoms with Crippen molar-refractivity contribution in [3.05, 3.63) is 47.3 Å². The molecule has 2 rings (SSSR count). The molecule has 1 aromatic carbocycles. The summed E-state index contributed by atoms with van der Waals surface area (Å²) in [7, 11) is 1.64. The van der Waals surface area contributed by atoms with E-state index >= 15 is 0 Å². The van der Waals surface area contributed by atoms with Crippen molar-refractivity contribution in [3.8, 4) is 0 Å². The molecule has 1 amide bonds. The number of hydrogen-bond donors (Lipinski definition) is 2. The van der Waals surface area contributed by atoms with Gasteiger partial charge >= 0.3 is 5.97 Å². The van der Waals surface area contributed by atoms with E-state index < -0.39 is 17.7 Å². The van der Waals surface area contributed by atoms with Gasteiger partial charge in [0.05, 0.1) is 17.3 Å². The van der Waals surface area contributed by atoms with Crippen molar-refractivity contribution < 1.29 is 19.5 Å². The van der Waals surface area contributed by atoms with Gasteiger partial charge in [0, 0.05) is 18.9 Å². The molecule has 7 nitrogen and oxygen atoms in total. The number of nitrogens with zero attached hydrogens (tertiary/aromatic N) is 2. The lowest BCUT2D eigenvalue weighted by molar-refractivity contribution is -0.112. The highest BCUT2D eigenvalue weighted by molar-refractivity contribution is 6.46. The van der Waals surface area contributed by atoms with E-state index in [9.17, 15) is 14.4 Å². The fourth-order valence-corrected chi connectivity index (χ4v) is 1.84. The van der Waals surface area contributed by atoms with Crippen LogP contribution >= 0.6 is 0 Å². The molecular formula is C14H13N3O4. The van der Waals surface area contributed by atoms with E-state index in [1.165, 1.54) is 35.3 Å². The highest BCUT2D eigenvalue weighted by Gasteiger charge is 2.18. The largest absolute Gasteiger partial charge is 0.478 e. The topological polar surface area (TPSA) is 101 Å². The number of nitrogens with one attached hydrogen (secondary N) is 1. The first kappa shape index (κ1) is 14.4. The Morgan fingerprint density at radius 3 is 2.52 bits per heavy atom. The zero-order valence-corrected chi connectivity index (χ0v) is 11.5. The third-order valence-electron chi connectivity index (χ3n) is 2.89. The van der Waals surface area contributed by atoms with Gasteiger partial charge in [-0.1, -0.05) is 0 Å². The van der Waals surface area contributed by atoms with Crippen molar-refractivity contribution in [1.29, 1.82) is 0 Å². The highest BCUT2D eigenvalue weighted by atomic mass is 16.4. The maximum atomic E-state index is 11.9. The second kappa shape index (κ2) is 5.58. The van der Waals surface area contributed by atoms with Gasteiger partial charge in [-0.25, -0.2) is 4.79 Å². The Kier molecular flexibility index (Phi) is 3.84. The quantitative estimate of drug-likeness (QED) is 0.651. The van der Waals surface area contributed by atoms with Gasteiger partial charge in [-0.2, -0.15) is 5.10 Å². The van der Waals surface area contributed by atoms with Crippen molar-refractivity contribution in [2.24, 2.45) is 7.05 Å². The molecule has 1 heterocycles. The maximum absolute atomic E-state index is 11.9. The fraction of sp³-hybridized carbons (Fsp3) is 0.143. The van der Waals surface area contributed by atoms with E-state index in [4.69, 9.17) is 5.11 Å². The lowest BCUT2D eigenvalue weighted by atomic mass is 10.1. The van der Waals surface area contributed by atoms with Crippen LogP contribution in [-0.4, -0.2) is 32.5 Å². The van der Waals surface area contributed by atoms with Crippen molar-refractivity contribution in [1.82, 2.24) is 9.78 Å². The molecule has 21 heavy (non-hydrogen) atoms. The Bertz CT molecular complexity index is 734. The van der Waals surface area contributed by atoms with Crippen LogP contribution < -0.4 is 5.32 Å². The molecule has 0 saturated carbocycles. The lowest BCUT2D eigenvalue weighted by Crippen LogP contribution is -2.22. The van der Waals surface area contributed by atoms with Gasteiger partial charge in [0.2, 0.25) is 0 Å². The predicted molar refractivity (Wildman–Crippen MR) is 74.3 cm³/mol. The summed E-state index contributed by atoms with van der Waals surface area (Å²) in [6, 6.07) is 4.31. The summed E-state index contributed by atoms with van der Waals surface area (Å²) < 4.78 is 1.42. The minimum Gasteiger partial charge on any atom is -0.478 e. The third-order valence-corrected chi connectivity index (χ3v) is 2.89. The maximum Gasteiger partial charge on any atom is 0.335 e. The molecule has 0 spiro atoms. The molecule has 0 atom stereocenters. The first-order valence-corrected chi connectivity index (χ1v) is 6.06. The van der Waals surface area contributed by atoms with Crippen LogP contribution in [0, 0.1) is 6.92 Å². The molecule has 7 heteroatoms. The Morgan fingerprint density at radius 2 is 2.00 bits per heavy atom. The average molecular weight is 287 g/mol. The SMILES string of the molecule is Cc1cc(NC(=O)C(=O)c2cnn(C)c2)ccc1C(=O)O. The van der Waals surface area contributed by atoms with Gasteiger partial charge in [0.1, 0.15) is 0 Å². The van der Waals surface area contributed by atoms with Gasteiger partial charge in [0.15, 0.2) is 0 Å². The number of Topliss-reactive ketones (excluding diaryl/α,β-unsaturated/α-hetero) is 1. The first-order valence-electron chi connectivity index (χ1n) is 6.06. The molecule has 2 aromatic rings. The predicted octanol–water partition coefficient (Wildman–Crippen LogP) is 1.25. The number of amides is 1. The Morgan fingerprint density at radius 1 is 1.29 bits per heavy atom. The van der Waals surface area contributed by atoms with E-state index in [0.717, 1.165) is 0 Å². The summed E-state index contributed by atoms with van der Waals surface area (Å²) in [6.07, 6.45) is 2.75. The number of aryl methyl sites for hydroxylation is 2. The monoisotopic (exact) mass is 287 g/mol. The minimum atomic E-state index is -1.04. The van der Waals surface area contributed by atoms with Crippen LogP contribution in [0.2, 0.25) is 0 Å². The first-order chi connectivity index (χ1) is 9.88. The molecule has 0 aliphatic carbocycles. The Labute approximate surface area is 120 Å². The second-order valence-corrected chi connectivity index (χ2v) is 4.52. The smallest absolute Gasteiger partial charge is 0.335 e. The average Bonchev–Trinajstić information content (AvgIpc) is 2.84. The summed E-state index contributed by atoms with van der Waals surface area (Å²) in [5.74, 6) is -2.55. The van der Waals surface area contributed by atoms with Gasteiger partial charge in [0.25, 0.3) is 11.7 Å². The van der Waals surface area contributed by atoms with E-state index in [-0.39, 0.29) is 11.1 Å². The van der Waals surface area contributed by atoms with Crippen LogP contribution in [0.15, 0.2) is 30.6 Å². The number of rotatable bonds is 4. The number of hydrogen-bond acceptors (Lipinski definition) is 4. The third kappa shape index (κ3) is 3.14. The Balaban J connectivity index is 2.14. The number of anilines is 1. The molecule has 0 aliphatic rings. The number of carboxylic acids is 1. The molecule has 0 saturated heterocycles. The number of ketones is 1. The summed E-state index contributed by atoms with van der Waals surface area (Å²) in [6.45, 7) is 1.61. The van der Waals surface area contributed by atoms with E-state index in [1.54, 1.807) is 14.0 Å². The lowest BCUT2D eigenvalue weighted by Gasteiger charge is -2.06. The molecular weight excluding hydrogens is 274 g/mol. The second-order valence-electron chi connectivity index (χ2n) is 4.52. The van der Waals surface area contributed by atoms with Crippen LogP contribution in [0.4, 0.5) is 5.69 Å². The van der Waals surface area contributed by atoms with Crippen molar-refractivity contribution >= 4 is 23.3 Å². The van der Waals surface area contributed by atoms with Crippen LogP contribution in [0.3, 0.4) is 0 Å². The molecule has 108 valence electrons. The number of aromatic carboxylic acids is 1. The van der Waals surface area contributed by atoms with Crippen molar-refractivity contribution in [3.63, 3.8) is 0 Å². The number of carboxylic acid groups (broad SMARTS) is 1. The summed E-state index contributed by atoms with van der Waals surface area (Å²) in [5, 5.41) is 15.2. The fourth-order valence-electron chi connectivity index (χ4n) is 1.84. The minimum absolute atomic E-state index is 0.145.